The number of fused-ring (bicyclic) bond motifs is 1. The molecule has 0 fully saturated rings. The van der Waals surface area contributed by atoms with Gasteiger partial charge in [-0.25, -0.2) is 9.97 Å². The number of aryl methyl sites for hydroxylation is 3. The quantitative estimate of drug-likeness (QED) is 0.492. The first-order chi connectivity index (χ1) is 11.6. The van der Waals surface area contributed by atoms with Gasteiger partial charge in [-0.05, 0) is 50.2 Å². The largest absolute Gasteiger partial charge is 0.411 e. The molecule has 24 heavy (non-hydrogen) atoms. The lowest BCUT2D eigenvalue weighted by Gasteiger charge is -1.99. The third-order valence-electron chi connectivity index (χ3n) is 3.82. The summed E-state index contributed by atoms with van der Waals surface area (Å²) in [5, 5.41) is 10.7. The van der Waals surface area contributed by atoms with Gasteiger partial charge in [-0.15, -0.1) is 21.5 Å². The molecule has 4 rings (SSSR count). The minimum absolute atomic E-state index is 0.480. The number of benzene rings is 1. The van der Waals surface area contributed by atoms with Gasteiger partial charge in [-0.1, -0.05) is 17.7 Å². The van der Waals surface area contributed by atoms with Crippen molar-refractivity contribution < 1.29 is 4.42 Å². The molecule has 3 aromatic heterocycles. The van der Waals surface area contributed by atoms with E-state index in [1.165, 1.54) is 27.8 Å². The van der Waals surface area contributed by atoms with Crippen LogP contribution >= 0.6 is 23.1 Å². The lowest BCUT2D eigenvalue weighted by molar-refractivity contribution is 0.465. The lowest BCUT2D eigenvalue weighted by atomic mass is 10.1. The number of nitrogens with zero attached hydrogens (tertiary/aromatic N) is 4. The van der Waals surface area contributed by atoms with Crippen LogP contribution in [-0.2, 0) is 0 Å². The lowest BCUT2D eigenvalue weighted by Crippen LogP contribution is -1.85. The van der Waals surface area contributed by atoms with Crippen molar-refractivity contribution in [2.24, 2.45) is 0 Å². The summed E-state index contributed by atoms with van der Waals surface area (Å²) in [7, 11) is 0. The highest BCUT2D eigenvalue weighted by Crippen LogP contribution is 2.37. The molecule has 0 radical (unpaired) electrons. The van der Waals surface area contributed by atoms with E-state index >= 15 is 0 Å². The van der Waals surface area contributed by atoms with Crippen LogP contribution in [0, 0.1) is 20.8 Å². The van der Waals surface area contributed by atoms with Gasteiger partial charge in [0.15, 0.2) is 0 Å². The average Bonchev–Trinajstić information content (AvgIpc) is 3.14. The molecule has 3 heterocycles. The van der Waals surface area contributed by atoms with Crippen molar-refractivity contribution >= 4 is 33.3 Å². The summed E-state index contributed by atoms with van der Waals surface area (Å²) in [4.78, 5) is 11.0. The third-order valence-corrected chi connectivity index (χ3v) is 5.78. The summed E-state index contributed by atoms with van der Waals surface area (Å²) < 4.78 is 5.79. The van der Waals surface area contributed by atoms with Crippen LogP contribution < -0.4 is 0 Å². The van der Waals surface area contributed by atoms with Crippen molar-refractivity contribution in [3.8, 4) is 11.5 Å². The fourth-order valence-corrected chi connectivity index (χ4v) is 4.25. The Morgan fingerprint density at radius 3 is 2.58 bits per heavy atom. The summed E-state index contributed by atoms with van der Waals surface area (Å²) in [6.07, 6.45) is 1.58. The molecule has 0 unspecified atom stereocenters. The van der Waals surface area contributed by atoms with E-state index in [-0.39, 0.29) is 0 Å². The summed E-state index contributed by atoms with van der Waals surface area (Å²) in [6.45, 7) is 6.23. The van der Waals surface area contributed by atoms with E-state index in [0.29, 0.717) is 11.1 Å². The Morgan fingerprint density at radius 1 is 1.00 bits per heavy atom. The molecule has 0 saturated heterocycles. The predicted octanol–water partition coefficient (Wildman–Crippen LogP) is 4.82. The third kappa shape index (κ3) is 2.70. The standard InChI is InChI=1S/C17H14N4OS2/c1-9-4-6-12(7-5-9)14-20-21-17(22-14)24-16-13-10(2)11(3)23-15(13)18-8-19-16/h4-8H,1-3H3. The van der Waals surface area contributed by atoms with Crippen molar-refractivity contribution in [2.45, 2.75) is 31.0 Å². The zero-order valence-corrected chi connectivity index (χ0v) is 15.0. The first-order valence-electron chi connectivity index (χ1n) is 7.41. The fourth-order valence-electron chi connectivity index (χ4n) is 2.37. The minimum atomic E-state index is 0.480. The van der Waals surface area contributed by atoms with E-state index in [1.54, 1.807) is 17.7 Å². The molecule has 4 aromatic rings. The van der Waals surface area contributed by atoms with E-state index < -0.39 is 0 Å². The molecule has 1 aromatic carbocycles. The molecular weight excluding hydrogens is 340 g/mol. The Morgan fingerprint density at radius 2 is 1.79 bits per heavy atom. The molecular formula is C17H14N4OS2. The highest BCUT2D eigenvalue weighted by Gasteiger charge is 2.16. The Labute approximate surface area is 147 Å². The van der Waals surface area contributed by atoms with Crippen LogP contribution in [0.1, 0.15) is 16.0 Å². The molecule has 0 aliphatic rings. The second-order valence-corrected chi connectivity index (χ2v) is 7.63. The first-order valence-corrected chi connectivity index (χ1v) is 9.04. The Bertz CT molecular complexity index is 1020. The Balaban J connectivity index is 1.68. The molecule has 7 heteroatoms. The van der Waals surface area contributed by atoms with Gasteiger partial charge >= 0.3 is 0 Å². The van der Waals surface area contributed by atoms with Crippen LogP contribution in [0.3, 0.4) is 0 Å². The molecule has 0 aliphatic heterocycles. The van der Waals surface area contributed by atoms with Crippen molar-refractivity contribution in [2.75, 3.05) is 0 Å². The molecule has 0 spiro atoms. The van der Waals surface area contributed by atoms with Gasteiger partial charge in [0.25, 0.3) is 5.22 Å². The SMILES string of the molecule is Cc1ccc(-c2nnc(Sc3ncnc4sc(C)c(C)c34)o2)cc1. The zero-order valence-electron chi connectivity index (χ0n) is 13.4. The van der Waals surface area contributed by atoms with E-state index in [9.17, 15) is 0 Å². The van der Waals surface area contributed by atoms with Crippen LogP contribution in [0.4, 0.5) is 0 Å². The summed E-state index contributed by atoms with van der Waals surface area (Å²) >= 11 is 3.05. The van der Waals surface area contributed by atoms with Crippen molar-refractivity contribution in [1.29, 1.82) is 0 Å². The van der Waals surface area contributed by atoms with Crippen molar-refractivity contribution in [3.05, 3.63) is 46.6 Å². The van der Waals surface area contributed by atoms with Crippen LogP contribution in [0.5, 0.6) is 0 Å². The van der Waals surface area contributed by atoms with E-state index in [1.807, 2.05) is 31.2 Å². The molecule has 5 nitrogen and oxygen atoms in total. The molecule has 0 N–H and O–H groups in total. The van der Waals surface area contributed by atoms with Gasteiger partial charge in [-0.3, -0.25) is 0 Å². The van der Waals surface area contributed by atoms with Gasteiger partial charge in [0.1, 0.15) is 16.2 Å². The number of hydrogen-bond donors (Lipinski definition) is 0. The predicted molar refractivity (Wildman–Crippen MR) is 95.5 cm³/mol. The first kappa shape index (κ1) is 15.3. The van der Waals surface area contributed by atoms with Gasteiger partial charge < -0.3 is 4.42 Å². The average molecular weight is 354 g/mol. The van der Waals surface area contributed by atoms with Gasteiger partial charge in [0.05, 0.1) is 0 Å². The van der Waals surface area contributed by atoms with Crippen molar-refractivity contribution in [3.63, 3.8) is 0 Å². The minimum Gasteiger partial charge on any atom is -0.411 e. The van der Waals surface area contributed by atoms with Crippen LogP contribution in [0.25, 0.3) is 21.7 Å². The number of thiophene rings is 1. The molecule has 120 valence electrons. The Kier molecular flexibility index (Phi) is 3.82. The summed E-state index contributed by atoms with van der Waals surface area (Å²) in [6, 6.07) is 8.01. The van der Waals surface area contributed by atoms with Gasteiger partial charge in [-0.2, -0.15) is 0 Å². The van der Waals surface area contributed by atoms with Crippen LogP contribution in [0.15, 0.2) is 45.3 Å². The number of rotatable bonds is 3. The number of aromatic nitrogens is 4. The molecule has 0 saturated carbocycles. The number of hydrogen-bond acceptors (Lipinski definition) is 7. The second-order valence-electron chi connectivity index (χ2n) is 5.48. The molecule has 0 amide bonds. The molecule has 0 bridgehead atoms. The smallest absolute Gasteiger partial charge is 0.283 e. The highest BCUT2D eigenvalue weighted by atomic mass is 32.2. The monoisotopic (exact) mass is 354 g/mol. The van der Waals surface area contributed by atoms with Crippen molar-refractivity contribution in [1.82, 2.24) is 20.2 Å². The van der Waals surface area contributed by atoms with E-state index in [2.05, 4.69) is 34.0 Å². The molecule has 0 aliphatic carbocycles. The topological polar surface area (TPSA) is 64.7 Å². The normalized spacial score (nSPS) is 11.3. The fraction of sp³-hybridized carbons (Fsp3) is 0.176. The molecule has 0 atom stereocenters. The van der Waals surface area contributed by atoms with Gasteiger partial charge in [0, 0.05) is 15.8 Å². The summed E-state index contributed by atoms with van der Waals surface area (Å²) in [5.74, 6) is 0.515. The van der Waals surface area contributed by atoms with Crippen LogP contribution in [0.2, 0.25) is 0 Å². The second kappa shape index (κ2) is 5.99. The maximum absolute atomic E-state index is 5.79. The van der Waals surface area contributed by atoms with Gasteiger partial charge in [0.2, 0.25) is 5.89 Å². The Hall–Kier alpha value is -2.25. The highest BCUT2D eigenvalue weighted by molar-refractivity contribution is 7.99. The van der Waals surface area contributed by atoms with E-state index in [4.69, 9.17) is 4.42 Å². The maximum Gasteiger partial charge on any atom is 0.283 e. The maximum atomic E-state index is 5.79. The zero-order chi connectivity index (χ0) is 16.7. The van der Waals surface area contributed by atoms with E-state index in [0.717, 1.165) is 20.8 Å². The summed E-state index contributed by atoms with van der Waals surface area (Å²) in [5.41, 5.74) is 3.31. The van der Waals surface area contributed by atoms with Crippen LogP contribution in [-0.4, -0.2) is 20.2 Å².